The van der Waals surface area contributed by atoms with Gasteiger partial charge in [0.15, 0.2) is 0 Å². The van der Waals surface area contributed by atoms with E-state index in [0.29, 0.717) is 21.9 Å². The van der Waals surface area contributed by atoms with E-state index in [1.54, 1.807) is 47.1 Å². The number of nitrogens with zero attached hydrogens (tertiary/aromatic N) is 3. The molecule has 0 fully saturated rings. The number of nitrogens with one attached hydrogen (secondary N) is 2. The van der Waals surface area contributed by atoms with E-state index in [2.05, 4.69) is 20.6 Å². The van der Waals surface area contributed by atoms with E-state index in [-0.39, 0.29) is 11.4 Å². The number of urea groups is 1. The average molecular weight is 439 g/mol. The molecule has 2 heterocycles. The third-order valence-corrected chi connectivity index (χ3v) is 4.83. The molecule has 1 atom stereocenters. The summed E-state index contributed by atoms with van der Waals surface area (Å²) < 4.78 is 15.7. The number of anilines is 1. The van der Waals surface area contributed by atoms with Crippen molar-refractivity contribution in [2.45, 2.75) is 6.04 Å². The lowest BCUT2D eigenvalue weighted by molar-refractivity contribution is 0.0937. The van der Waals surface area contributed by atoms with Crippen LogP contribution in [0, 0.1) is 5.82 Å². The molecule has 31 heavy (non-hydrogen) atoms. The van der Waals surface area contributed by atoms with Crippen molar-refractivity contribution in [3.63, 3.8) is 0 Å². The van der Waals surface area contributed by atoms with Gasteiger partial charge in [-0.05, 0) is 41.5 Å². The van der Waals surface area contributed by atoms with E-state index >= 15 is 0 Å². The second-order valence-electron chi connectivity index (χ2n) is 6.62. The number of imidazole rings is 1. The molecule has 3 amide bonds. The number of amides is 3. The number of hydrogen-bond acceptors (Lipinski definition) is 4. The molecule has 0 bridgehead atoms. The topological polar surface area (TPSA) is 114 Å². The number of benzene rings is 2. The van der Waals surface area contributed by atoms with Crippen LogP contribution in [0.3, 0.4) is 0 Å². The number of nitrogens with two attached hydrogens (primary N) is 1. The van der Waals surface area contributed by atoms with Crippen LogP contribution in [-0.2, 0) is 0 Å². The molecule has 10 heteroatoms. The molecule has 4 rings (SSSR count). The zero-order valence-electron chi connectivity index (χ0n) is 15.9. The van der Waals surface area contributed by atoms with Gasteiger partial charge in [0.05, 0.1) is 17.9 Å². The van der Waals surface area contributed by atoms with Gasteiger partial charge in [-0.3, -0.25) is 9.20 Å². The molecule has 156 valence electrons. The summed E-state index contributed by atoms with van der Waals surface area (Å²) in [6.07, 6.45) is 4.67. The van der Waals surface area contributed by atoms with Gasteiger partial charge in [-0.25, -0.2) is 19.2 Å². The van der Waals surface area contributed by atoms with Crippen molar-refractivity contribution < 1.29 is 14.0 Å². The van der Waals surface area contributed by atoms with E-state index in [1.807, 2.05) is 0 Å². The fourth-order valence-electron chi connectivity index (χ4n) is 3.17. The lowest BCUT2D eigenvalue weighted by Crippen LogP contribution is -2.30. The Bertz CT molecular complexity index is 1270. The van der Waals surface area contributed by atoms with Crippen molar-refractivity contribution in [2.24, 2.45) is 5.73 Å². The summed E-state index contributed by atoms with van der Waals surface area (Å²) >= 11 is 6.00. The molecule has 1 unspecified atom stereocenters. The Hall–Kier alpha value is -3.98. The number of carbonyl (C=O) groups excluding carboxylic acids is 2. The van der Waals surface area contributed by atoms with Crippen molar-refractivity contribution in [1.82, 2.24) is 19.7 Å². The molecular formula is C21H16ClFN6O2. The summed E-state index contributed by atoms with van der Waals surface area (Å²) in [5.41, 5.74) is 6.52. The first-order chi connectivity index (χ1) is 14.9. The Morgan fingerprint density at radius 2 is 1.84 bits per heavy atom. The summed E-state index contributed by atoms with van der Waals surface area (Å²) in [5, 5.41) is 5.69. The summed E-state index contributed by atoms with van der Waals surface area (Å²) in [6, 6.07) is 11.1. The summed E-state index contributed by atoms with van der Waals surface area (Å²) in [7, 11) is 0. The van der Waals surface area contributed by atoms with Crippen LogP contribution in [0.4, 0.5) is 14.9 Å². The summed E-state index contributed by atoms with van der Waals surface area (Å²) in [4.78, 5) is 32.5. The predicted octanol–water partition coefficient (Wildman–Crippen LogP) is 3.53. The van der Waals surface area contributed by atoms with Crippen molar-refractivity contribution in [3.05, 3.63) is 94.8 Å². The zero-order chi connectivity index (χ0) is 22.0. The Morgan fingerprint density at radius 1 is 1.10 bits per heavy atom. The maximum absolute atomic E-state index is 14.1. The summed E-state index contributed by atoms with van der Waals surface area (Å²) in [5.74, 6) is -0.698. The maximum atomic E-state index is 14.1. The molecule has 0 spiro atoms. The van der Waals surface area contributed by atoms with E-state index in [4.69, 9.17) is 17.3 Å². The molecule has 0 aliphatic carbocycles. The lowest BCUT2D eigenvalue weighted by Gasteiger charge is -2.21. The number of fused-ring (bicyclic) bond motifs is 1. The van der Waals surface area contributed by atoms with Crippen molar-refractivity contribution in [1.29, 1.82) is 0 Å². The van der Waals surface area contributed by atoms with Gasteiger partial charge in [0.25, 0.3) is 5.91 Å². The predicted molar refractivity (Wildman–Crippen MR) is 113 cm³/mol. The Labute approximate surface area is 180 Å². The van der Waals surface area contributed by atoms with E-state index in [1.165, 1.54) is 24.4 Å². The molecule has 4 N–H and O–H groups in total. The largest absolute Gasteiger partial charge is 0.351 e. The zero-order valence-corrected chi connectivity index (χ0v) is 16.7. The van der Waals surface area contributed by atoms with Gasteiger partial charge in [-0.2, -0.15) is 0 Å². The standard InChI is InChI=1S/C21H16ClFN6O2/c22-14-5-2-12(3-6-14)18(13-4-7-15(23)16(10-13)27-20(24)31)28-19(30)17-11-26-21-25-8-1-9-29(17)21/h1-11,18H,(H,28,30)(H3,24,27,31). The molecule has 4 aromatic rings. The van der Waals surface area contributed by atoms with Gasteiger partial charge in [-0.15, -0.1) is 0 Å². The van der Waals surface area contributed by atoms with Crippen molar-refractivity contribution in [3.8, 4) is 0 Å². The fraction of sp³-hybridized carbons (Fsp3) is 0.0476. The molecular weight excluding hydrogens is 423 g/mol. The van der Waals surface area contributed by atoms with Gasteiger partial charge in [-0.1, -0.05) is 29.8 Å². The number of rotatable bonds is 5. The van der Waals surface area contributed by atoms with Crippen LogP contribution in [0.15, 0.2) is 67.1 Å². The SMILES string of the molecule is NC(=O)Nc1cc(C(NC(=O)c2cnc3ncccn23)c2ccc(Cl)cc2)ccc1F. The maximum Gasteiger partial charge on any atom is 0.316 e. The van der Waals surface area contributed by atoms with E-state index in [9.17, 15) is 14.0 Å². The first-order valence-electron chi connectivity index (χ1n) is 9.12. The minimum absolute atomic E-state index is 0.0998. The molecule has 0 aliphatic rings. The fourth-order valence-corrected chi connectivity index (χ4v) is 3.29. The third kappa shape index (κ3) is 4.31. The van der Waals surface area contributed by atoms with Crippen LogP contribution in [0.25, 0.3) is 5.78 Å². The number of aromatic nitrogens is 3. The molecule has 0 radical (unpaired) electrons. The highest BCUT2D eigenvalue weighted by Gasteiger charge is 2.22. The third-order valence-electron chi connectivity index (χ3n) is 4.58. The van der Waals surface area contributed by atoms with Crippen LogP contribution in [0.5, 0.6) is 0 Å². The highest BCUT2D eigenvalue weighted by atomic mass is 35.5. The second kappa shape index (κ2) is 8.41. The smallest absolute Gasteiger partial charge is 0.316 e. The average Bonchev–Trinajstić information content (AvgIpc) is 3.18. The second-order valence-corrected chi connectivity index (χ2v) is 7.06. The molecule has 0 saturated carbocycles. The Kier molecular flexibility index (Phi) is 5.50. The van der Waals surface area contributed by atoms with E-state index in [0.717, 1.165) is 0 Å². The van der Waals surface area contributed by atoms with E-state index < -0.39 is 23.8 Å². The highest BCUT2D eigenvalue weighted by molar-refractivity contribution is 6.30. The van der Waals surface area contributed by atoms with Crippen molar-refractivity contribution >= 4 is 35.0 Å². The van der Waals surface area contributed by atoms with Crippen LogP contribution in [0.2, 0.25) is 5.02 Å². The van der Waals surface area contributed by atoms with Crippen LogP contribution >= 0.6 is 11.6 Å². The lowest BCUT2D eigenvalue weighted by atomic mass is 9.97. The number of carbonyl (C=O) groups is 2. The molecule has 0 aliphatic heterocycles. The minimum Gasteiger partial charge on any atom is -0.351 e. The molecule has 2 aromatic heterocycles. The first-order valence-corrected chi connectivity index (χ1v) is 9.50. The normalized spacial score (nSPS) is 11.8. The molecule has 0 saturated heterocycles. The van der Waals surface area contributed by atoms with Crippen molar-refractivity contribution in [2.75, 3.05) is 5.32 Å². The monoisotopic (exact) mass is 438 g/mol. The Morgan fingerprint density at radius 3 is 2.58 bits per heavy atom. The highest BCUT2D eigenvalue weighted by Crippen LogP contribution is 2.27. The van der Waals surface area contributed by atoms with Crippen LogP contribution < -0.4 is 16.4 Å². The first kappa shape index (κ1) is 20.3. The van der Waals surface area contributed by atoms with Crippen LogP contribution in [0.1, 0.15) is 27.7 Å². The number of hydrogen-bond donors (Lipinski definition) is 3. The molecule has 2 aromatic carbocycles. The number of halogens is 2. The van der Waals surface area contributed by atoms with Gasteiger partial charge < -0.3 is 16.4 Å². The van der Waals surface area contributed by atoms with Crippen LogP contribution in [-0.4, -0.2) is 26.3 Å². The summed E-state index contributed by atoms with van der Waals surface area (Å²) in [6.45, 7) is 0. The quantitative estimate of drug-likeness (QED) is 0.442. The molecule has 8 nitrogen and oxygen atoms in total. The van der Waals surface area contributed by atoms with Gasteiger partial charge in [0.2, 0.25) is 5.78 Å². The number of primary amides is 1. The van der Waals surface area contributed by atoms with Gasteiger partial charge in [0, 0.05) is 17.4 Å². The Balaban J connectivity index is 1.74. The van der Waals surface area contributed by atoms with Gasteiger partial charge >= 0.3 is 6.03 Å². The minimum atomic E-state index is -0.902. The van der Waals surface area contributed by atoms with Gasteiger partial charge in [0.1, 0.15) is 11.5 Å².